The van der Waals surface area contributed by atoms with Crippen molar-refractivity contribution < 1.29 is 24.2 Å². The molecule has 1 fully saturated rings. The summed E-state index contributed by atoms with van der Waals surface area (Å²) in [5.41, 5.74) is 0.608. The monoisotopic (exact) mass is 267 g/mol. The van der Waals surface area contributed by atoms with Gasteiger partial charge in [-0.1, -0.05) is 12.1 Å². The van der Waals surface area contributed by atoms with Gasteiger partial charge < -0.3 is 15.1 Å². The van der Waals surface area contributed by atoms with E-state index < -0.39 is 23.9 Å². The number of carbonyl (C=O) groups is 2. The van der Waals surface area contributed by atoms with E-state index in [1.807, 2.05) is 0 Å². The minimum Gasteiger partial charge on any atom is -0.480 e. The number of aliphatic hydroxyl groups is 1. The first-order chi connectivity index (χ1) is 8.97. The van der Waals surface area contributed by atoms with Crippen LogP contribution in [0.5, 0.6) is 0 Å². The summed E-state index contributed by atoms with van der Waals surface area (Å²) in [6.45, 7) is 0.0248. The first kappa shape index (κ1) is 13.5. The minimum absolute atomic E-state index is 0.00319. The molecule has 1 aliphatic rings. The third kappa shape index (κ3) is 3.08. The summed E-state index contributed by atoms with van der Waals surface area (Å²) in [6.07, 6.45) is -0.764. The Morgan fingerprint density at radius 2 is 1.95 bits per heavy atom. The maximum absolute atomic E-state index is 12.7. The average molecular weight is 267 g/mol. The first-order valence-electron chi connectivity index (χ1n) is 5.92. The van der Waals surface area contributed by atoms with Crippen molar-refractivity contribution >= 4 is 11.9 Å². The molecule has 1 heterocycles. The lowest BCUT2D eigenvalue weighted by Crippen LogP contribution is -2.41. The zero-order valence-electron chi connectivity index (χ0n) is 10.1. The van der Waals surface area contributed by atoms with Crippen LogP contribution in [0.15, 0.2) is 24.3 Å². The Hall–Kier alpha value is -1.95. The quantitative estimate of drug-likeness (QED) is 0.831. The number of halogens is 1. The summed E-state index contributed by atoms with van der Waals surface area (Å²) in [7, 11) is 0. The fourth-order valence-electron chi connectivity index (χ4n) is 2.20. The van der Waals surface area contributed by atoms with E-state index in [9.17, 15) is 19.1 Å². The highest BCUT2D eigenvalue weighted by Gasteiger charge is 2.38. The van der Waals surface area contributed by atoms with E-state index in [1.165, 1.54) is 24.3 Å². The summed E-state index contributed by atoms with van der Waals surface area (Å²) >= 11 is 0. The number of amides is 1. The predicted molar refractivity (Wildman–Crippen MR) is 63.9 cm³/mol. The molecule has 2 rings (SSSR count). The number of benzene rings is 1. The van der Waals surface area contributed by atoms with Crippen LogP contribution in [0.25, 0.3) is 0 Å². The summed E-state index contributed by atoms with van der Waals surface area (Å²) in [5.74, 6) is -1.89. The predicted octanol–water partition coefficient (Wildman–Crippen LogP) is 0.415. The van der Waals surface area contributed by atoms with Crippen molar-refractivity contribution in [1.82, 2.24) is 4.90 Å². The lowest BCUT2D eigenvalue weighted by Gasteiger charge is -2.21. The molecule has 1 saturated heterocycles. The Labute approximate surface area is 109 Å². The van der Waals surface area contributed by atoms with Crippen molar-refractivity contribution in [2.24, 2.45) is 0 Å². The number of hydrogen-bond donors (Lipinski definition) is 2. The second kappa shape index (κ2) is 5.36. The molecule has 6 heteroatoms. The molecular weight excluding hydrogens is 253 g/mol. The van der Waals surface area contributed by atoms with Crippen LogP contribution in [-0.4, -0.2) is 45.7 Å². The third-order valence-electron chi connectivity index (χ3n) is 3.15. The van der Waals surface area contributed by atoms with Gasteiger partial charge in [0.1, 0.15) is 11.9 Å². The van der Waals surface area contributed by atoms with Crippen LogP contribution in [0.4, 0.5) is 4.39 Å². The van der Waals surface area contributed by atoms with Gasteiger partial charge in [0.2, 0.25) is 5.91 Å². The van der Waals surface area contributed by atoms with E-state index in [4.69, 9.17) is 5.11 Å². The lowest BCUT2D eigenvalue weighted by atomic mass is 10.1. The number of likely N-dealkylation sites (tertiary alicyclic amines) is 1. The number of aliphatic carboxylic acids is 1. The van der Waals surface area contributed by atoms with Crippen molar-refractivity contribution in [1.29, 1.82) is 0 Å². The Kier molecular flexibility index (Phi) is 3.80. The molecule has 1 aliphatic heterocycles. The fourth-order valence-corrected chi connectivity index (χ4v) is 2.20. The molecule has 0 spiro atoms. The Morgan fingerprint density at radius 1 is 1.32 bits per heavy atom. The van der Waals surface area contributed by atoms with Crippen LogP contribution in [-0.2, 0) is 16.0 Å². The Bertz CT molecular complexity index is 488. The smallest absolute Gasteiger partial charge is 0.326 e. The third-order valence-corrected chi connectivity index (χ3v) is 3.15. The first-order valence-corrected chi connectivity index (χ1v) is 5.92. The molecule has 2 N–H and O–H groups in total. The van der Waals surface area contributed by atoms with Crippen LogP contribution >= 0.6 is 0 Å². The normalized spacial score (nSPS) is 22.5. The van der Waals surface area contributed by atoms with E-state index in [0.717, 1.165) is 4.90 Å². The molecule has 2 atom stereocenters. The van der Waals surface area contributed by atoms with Crippen molar-refractivity contribution in [3.05, 3.63) is 35.6 Å². The zero-order chi connectivity index (χ0) is 14.0. The number of aliphatic hydroxyl groups excluding tert-OH is 1. The zero-order valence-corrected chi connectivity index (χ0v) is 10.1. The van der Waals surface area contributed by atoms with Gasteiger partial charge in [-0.3, -0.25) is 4.79 Å². The topological polar surface area (TPSA) is 77.8 Å². The van der Waals surface area contributed by atoms with Crippen molar-refractivity contribution in [2.75, 3.05) is 6.54 Å². The second-order valence-corrected chi connectivity index (χ2v) is 4.59. The number of carboxylic acids is 1. The number of carboxylic acid groups (broad SMARTS) is 1. The van der Waals surface area contributed by atoms with E-state index in [-0.39, 0.29) is 25.3 Å². The molecule has 19 heavy (non-hydrogen) atoms. The van der Waals surface area contributed by atoms with Gasteiger partial charge in [-0.05, 0) is 17.7 Å². The van der Waals surface area contributed by atoms with E-state index >= 15 is 0 Å². The van der Waals surface area contributed by atoms with E-state index in [0.29, 0.717) is 5.56 Å². The van der Waals surface area contributed by atoms with Crippen molar-refractivity contribution in [3.8, 4) is 0 Å². The van der Waals surface area contributed by atoms with Gasteiger partial charge in [-0.25, -0.2) is 9.18 Å². The molecule has 5 nitrogen and oxygen atoms in total. The Balaban J connectivity index is 2.06. The summed E-state index contributed by atoms with van der Waals surface area (Å²) in [5, 5.41) is 18.5. The largest absolute Gasteiger partial charge is 0.480 e. The van der Waals surface area contributed by atoms with E-state index in [1.54, 1.807) is 0 Å². The fraction of sp³-hybridized carbons (Fsp3) is 0.385. The molecule has 1 aromatic rings. The number of β-amino-alcohol motifs (C(OH)–C–C–N with tert-alkyl or cyclic N) is 1. The molecule has 0 saturated carbocycles. The second-order valence-electron chi connectivity index (χ2n) is 4.59. The standard InChI is InChI=1S/C13H14FNO4/c14-9-3-1-8(2-4-9)5-12(17)15-7-10(16)6-11(15)13(18)19/h1-4,10-11,16H,5-7H2,(H,18,19)/t10-,11-/m0/s1. The summed E-state index contributed by atoms with van der Waals surface area (Å²) in [6, 6.07) is 4.47. The van der Waals surface area contributed by atoms with Crippen molar-refractivity contribution in [2.45, 2.75) is 25.0 Å². The van der Waals surface area contributed by atoms with Crippen LogP contribution in [0.1, 0.15) is 12.0 Å². The van der Waals surface area contributed by atoms with Crippen LogP contribution in [0.3, 0.4) is 0 Å². The van der Waals surface area contributed by atoms with Gasteiger partial charge in [-0.15, -0.1) is 0 Å². The van der Waals surface area contributed by atoms with E-state index in [2.05, 4.69) is 0 Å². The molecule has 0 radical (unpaired) electrons. The van der Waals surface area contributed by atoms with Crippen LogP contribution in [0, 0.1) is 5.82 Å². The highest BCUT2D eigenvalue weighted by molar-refractivity contribution is 5.85. The van der Waals surface area contributed by atoms with Gasteiger partial charge in [0, 0.05) is 13.0 Å². The highest BCUT2D eigenvalue weighted by Crippen LogP contribution is 2.19. The molecule has 0 aromatic heterocycles. The number of nitrogens with zero attached hydrogens (tertiary/aromatic N) is 1. The number of carbonyl (C=O) groups excluding carboxylic acids is 1. The molecule has 0 bridgehead atoms. The molecule has 0 unspecified atom stereocenters. The lowest BCUT2D eigenvalue weighted by molar-refractivity contribution is -0.148. The molecule has 1 aromatic carbocycles. The van der Waals surface area contributed by atoms with Gasteiger partial charge >= 0.3 is 5.97 Å². The van der Waals surface area contributed by atoms with Gasteiger partial charge in [-0.2, -0.15) is 0 Å². The number of hydrogen-bond acceptors (Lipinski definition) is 3. The summed E-state index contributed by atoms with van der Waals surface area (Å²) < 4.78 is 12.7. The van der Waals surface area contributed by atoms with Crippen molar-refractivity contribution in [3.63, 3.8) is 0 Å². The maximum Gasteiger partial charge on any atom is 0.326 e. The Morgan fingerprint density at radius 3 is 2.53 bits per heavy atom. The SMILES string of the molecule is O=C(O)[C@@H]1C[C@H](O)CN1C(=O)Cc1ccc(F)cc1. The van der Waals surface area contributed by atoms with Gasteiger partial charge in [0.15, 0.2) is 0 Å². The highest BCUT2D eigenvalue weighted by atomic mass is 19.1. The molecule has 0 aliphatic carbocycles. The van der Waals surface area contributed by atoms with Crippen LogP contribution < -0.4 is 0 Å². The van der Waals surface area contributed by atoms with Crippen LogP contribution in [0.2, 0.25) is 0 Å². The van der Waals surface area contributed by atoms with Gasteiger partial charge in [0.05, 0.1) is 12.5 Å². The minimum atomic E-state index is -1.12. The molecule has 102 valence electrons. The maximum atomic E-state index is 12.7. The molecule has 1 amide bonds. The summed E-state index contributed by atoms with van der Waals surface area (Å²) in [4.78, 5) is 24.2. The molecular formula is C13H14FNO4. The van der Waals surface area contributed by atoms with Gasteiger partial charge in [0.25, 0.3) is 0 Å². The number of rotatable bonds is 3. The average Bonchev–Trinajstić information content (AvgIpc) is 2.74.